The first-order chi connectivity index (χ1) is 18.4. The van der Waals surface area contributed by atoms with Crippen molar-refractivity contribution < 1.29 is 29.1 Å². The maximum Gasteiger partial charge on any atom is 0.326 e. The van der Waals surface area contributed by atoms with Gasteiger partial charge in [-0.25, -0.2) is 4.79 Å². The Balaban J connectivity index is 3.14. The molecule has 1 aromatic carbocycles. The fraction of sp³-hybridized carbons (Fsp3) is 0.500. The Morgan fingerprint density at radius 3 is 2.05 bits per heavy atom. The highest BCUT2D eigenvalue weighted by Crippen LogP contribution is 2.08. The molecule has 1 aromatic rings. The molecule has 0 aliphatic carbocycles. The number of carbonyl (C=O) groups is 5. The van der Waals surface area contributed by atoms with Crippen LogP contribution in [0.2, 0.25) is 0 Å². The zero-order valence-electron chi connectivity index (χ0n) is 21.8. The molecular weight excluding hydrogens is 528 g/mol. The summed E-state index contributed by atoms with van der Waals surface area (Å²) in [6.45, 7) is 0.166. The number of hydrogen-bond acceptors (Lipinski definition) is 8. The predicted molar refractivity (Wildman–Crippen MR) is 148 cm³/mol. The van der Waals surface area contributed by atoms with Gasteiger partial charge in [0.05, 0.1) is 12.5 Å². The van der Waals surface area contributed by atoms with Crippen LogP contribution >= 0.6 is 11.8 Å². The van der Waals surface area contributed by atoms with Crippen molar-refractivity contribution in [2.24, 2.45) is 27.9 Å². The van der Waals surface area contributed by atoms with E-state index in [1.165, 1.54) is 11.8 Å². The molecule has 0 fully saturated rings. The van der Waals surface area contributed by atoms with E-state index in [1.807, 2.05) is 6.26 Å². The Bertz CT molecular complexity index is 1010. The molecule has 0 spiro atoms. The lowest BCUT2D eigenvalue weighted by molar-refractivity contribution is -0.142. The smallest absolute Gasteiger partial charge is 0.326 e. The molecule has 15 heteroatoms. The van der Waals surface area contributed by atoms with Gasteiger partial charge in [0, 0.05) is 13.0 Å². The quantitative estimate of drug-likeness (QED) is 0.0539. The third-order valence-electron chi connectivity index (χ3n) is 5.48. The molecule has 0 aliphatic heterocycles. The van der Waals surface area contributed by atoms with Gasteiger partial charge < -0.3 is 44.0 Å². The summed E-state index contributed by atoms with van der Waals surface area (Å²) in [5.74, 6) is -3.83. The number of amides is 4. The van der Waals surface area contributed by atoms with Gasteiger partial charge in [-0.2, -0.15) is 11.8 Å². The van der Waals surface area contributed by atoms with E-state index < -0.39 is 60.2 Å². The lowest BCUT2D eigenvalue weighted by Crippen LogP contribution is -2.57. The monoisotopic (exact) mass is 566 g/mol. The van der Waals surface area contributed by atoms with E-state index in [0.717, 1.165) is 0 Å². The highest BCUT2D eigenvalue weighted by atomic mass is 32.2. The first-order valence-corrected chi connectivity index (χ1v) is 13.6. The van der Waals surface area contributed by atoms with Crippen LogP contribution in [0.25, 0.3) is 0 Å². The number of rotatable bonds is 18. The van der Waals surface area contributed by atoms with E-state index in [2.05, 4.69) is 20.9 Å². The molecule has 0 radical (unpaired) electrons. The number of nitrogens with two attached hydrogens (primary N) is 4. The van der Waals surface area contributed by atoms with Crippen LogP contribution in [-0.2, 0) is 30.4 Å². The van der Waals surface area contributed by atoms with Gasteiger partial charge in [0.15, 0.2) is 5.96 Å². The van der Waals surface area contributed by atoms with Gasteiger partial charge in [-0.1, -0.05) is 30.3 Å². The van der Waals surface area contributed by atoms with Crippen LogP contribution in [0.5, 0.6) is 0 Å². The second-order valence-corrected chi connectivity index (χ2v) is 9.70. The number of hydrogen-bond donors (Lipinski definition) is 8. The number of thioether (sulfide) groups is 1. The number of aliphatic imine (C=N–C) groups is 1. The molecule has 0 bridgehead atoms. The summed E-state index contributed by atoms with van der Waals surface area (Å²) in [7, 11) is 0. The lowest BCUT2D eigenvalue weighted by atomic mass is 10.0. The molecule has 4 amide bonds. The van der Waals surface area contributed by atoms with Crippen molar-refractivity contribution in [3.05, 3.63) is 35.9 Å². The number of aliphatic carboxylic acids is 1. The zero-order chi connectivity index (χ0) is 29.4. The van der Waals surface area contributed by atoms with Crippen LogP contribution in [-0.4, -0.2) is 83.4 Å². The maximum atomic E-state index is 13.3. The van der Waals surface area contributed by atoms with Crippen molar-refractivity contribution in [1.82, 2.24) is 16.0 Å². The normalized spacial score (nSPS) is 13.7. The number of nitrogens with one attached hydrogen (secondary N) is 3. The summed E-state index contributed by atoms with van der Waals surface area (Å²) >= 11 is 1.43. The average molecular weight is 567 g/mol. The van der Waals surface area contributed by atoms with E-state index >= 15 is 0 Å². The van der Waals surface area contributed by atoms with E-state index in [4.69, 9.17) is 22.9 Å². The minimum absolute atomic E-state index is 0.0587. The standard InChI is InChI=1S/C24H38N8O6S/c1-39-11-9-17(23(37)38)31-22(36)18(12-14-6-3-2-4-7-14)32-21(35)16(8-5-10-29-24(27)28)30-20(34)15(25)13-19(26)33/h2-4,6-7,15-18H,5,8-13,25H2,1H3,(H2,26,33)(H,30,34)(H,31,36)(H,32,35)(H,37,38)(H4,27,28,29). The molecule has 12 N–H and O–H groups in total. The molecular formula is C24H38N8O6S. The number of benzene rings is 1. The number of carbonyl (C=O) groups excluding carboxylic acids is 4. The molecule has 14 nitrogen and oxygen atoms in total. The van der Waals surface area contributed by atoms with Gasteiger partial charge in [-0.3, -0.25) is 24.2 Å². The van der Waals surface area contributed by atoms with Gasteiger partial charge in [-0.15, -0.1) is 0 Å². The molecule has 216 valence electrons. The third-order valence-corrected chi connectivity index (χ3v) is 6.12. The molecule has 0 saturated heterocycles. The van der Waals surface area contributed by atoms with Crippen LogP contribution in [0.4, 0.5) is 0 Å². The highest BCUT2D eigenvalue weighted by molar-refractivity contribution is 7.98. The molecule has 0 aliphatic rings. The Morgan fingerprint density at radius 2 is 1.49 bits per heavy atom. The molecule has 39 heavy (non-hydrogen) atoms. The number of carboxylic acid groups (broad SMARTS) is 1. The fourth-order valence-electron chi connectivity index (χ4n) is 3.46. The van der Waals surface area contributed by atoms with Crippen molar-refractivity contribution in [1.29, 1.82) is 0 Å². The fourth-order valence-corrected chi connectivity index (χ4v) is 3.93. The average Bonchev–Trinajstić information content (AvgIpc) is 2.87. The second kappa shape index (κ2) is 17.6. The highest BCUT2D eigenvalue weighted by Gasteiger charge is 2.30. The van der Waals surface area contributed by atoms with Crippen molar-refractivity contribution in [3.63, 3.8) is 0 Å². The number of nitrogens with zero attached hydrogens (tertiary/aromatic N) is 1. The van der Waals surface area contributed by atoms with Crippen molar-refractivity contribution >= 4 is 47.3 Å². The van der Waals surface area contributed by atoms with E-state index in [0.29, 0.717) is 11.3 Å². The maximum absolute atomic E-state index is 13.3. The van der Waals surface area contributed by atoms with Crippen molar-refractivity contribution in [3.8, 4) is 0 Å². The Hall–Kier alpha value is -3.85. The molecule has 0 saturated carbocycles. The zero-order valence-corrected chi connectivity index (χ0v) is 22.6. The lowest BCUT2D eigenvalue weighted by Gasteiger charge is -2.25. The van der Waals surface area contributed by atoms with Crippen LogP contribution in [0.1, 0.15) is 31.2 Å². The summed E-state index contributed by atoms with van der Waals surface area (Å²) in [6, 6.07) is 4.06. The molecule has 0 aromatic heterocycles. The molecule has 4 atom stereocenters. The second-order valence-electron chi connectivity index (χ2n) is 8.72. The van der Waals surface area contributed by atoms with Crippen molar-refractivity contribution in [2.45, 2.75) is 56.3 Å². The summed E-state index contributed by atoms with van der Waals surface area (Å²) in [5, 5.41) is 17.1. The third kappa shape index (κ3) is 13.5. The topological polar surface area (TPSA) is 258 Å². The molecule has 1 rings (SSSR count). The van der Waals surface area contributed by atoms with Gasteiger partial charge in [0.1, 0.15) is 18.1 Å². The van der Waals surface area contributed by atoms with Gasteiger partial charge in [0.2, 0.25) is 23.6 Å². The van der Waals surface area contributed by atoms with E-state index in [1.54, 1.807) is 30.3 Å². The van der Waals surface area contributed by atoms with Crippen LogP contribution < -0.4 is 38.9 Å². The minimum atomic E-state index is -1.29. The molecule has 4 unspecified atom stereocenters. The predicted octanol–water partition coefficient (Wildman–Crippen LogP) is -2.22. The largest absolute Gasteiger partial charge is 0.480 e. The SMILES string of the molecule is CSCCC(NC(=O)C(Cc1ccccc1)NC(=O)C(CCCN=C(N)N)NC(=O)C(N)CC(N)=O)C(=O)O. The first kappa shape index (κ1) is 33.2. The van der Waals surface area contributed by atoms with Gasteiger partial charge >= 0.3 is 5.97 Å². The van der Waals surface area contributed by atoms with Crippen LogP contribution in [0.15, 0.2) is 35.3 Å². The van der Waals surface area contributed by atoms with Crippen molar-refractivity contribution in [2.75, 3.05) is 18.6 Å². The summed E-state index contributed by atoms with van der Waals surface area (Å²) in [5.41, 5.74) is 22.2. The number of primary amides is 1. The van der Waals surface area contributed by atoms with E-state index in [-0.39, 0.29) is 38.2 Å². The Kier molecular flexibility index (Phi) is 15.0. The number of guanidine groups is 1. The van der Waals surface area contributed by atoms with Crippen LogP contribution in [0, 0.1) is 0 Å². The Labute approximate surface area is 231 Å². The summed E-state index contributed by atoms with van der Waals surface area (Å²) in [6.07, 6.45) is 1.99. The first-order valence-electron chi connectivity index (χ1n) is 12.2. The summed E-state index contributed by atoms with van der Waals surface area (Å²) in [4.78, 5) is 65.7. The molecule has 0 heterocycles. The minimum Gasteiger partial charge on any atom is -0.480 e. The Morgan fingerprint density at radius 1 is 0.897 bits per heavy atom. The van der Waals surface area contributed by atoms with Gasteiger partial charge in [0.25, 0.3) is 0 Å². The van der Waals surface area contributed by atoms with Crippen LogP contribution in [0.3, 0.4) is 0 Å². The number of carboxylic acids is 1. The van der Waals surface area contributed by atoms with E-state index in [9.17, 15) is 29.1 Å². The van der Waals surface area contributed by atoms with Gasteiger partial charge in [-0.05, 0) is 36.8 Å². The summed E-state index contributed by atoms with van der Waals surface area (Å²) < 4.78 is 0.